The Labute approximate surface area is 152 Å². The van der Waals surface area contributed by atoms with E-state index in [4.69, 9.17) is 4.74 Å². The highest BCUT2D eigenvalue weighted by molar-refractivity contribution is 9.10. The molecule has 24 heavy (non-hydrogen) atoms. The van der Waals surface area contributed by atoms with E-state index in [-0.39, 0.29) is 11.9 Å². The SMILES string of the molecule is CCNC(=NCCCNC(=O)c1ccc(Br)cc1)NC(C)COC. The third-order valence-corrected chi connectivity index (χ3v) is 3.67. The number of ether oxygens (including phenoxy) is 1. The predicted octanol–water partition coefficient (Wildman–Crippen LogP) is 2.16. The van der Waals surface area contributed by atoms with Crippen molar-refractivity contribution in [3.63, 3.8) is 0 Å². The maximum Gasteiger partial charge on any atom is 0.251 e. The molecule has 1 rings (SSSR count). The Morgan fingerprint density at radius 2 is 2.00 bits per heavy atom. The number of amides is 1. The van der Waals surface area contributed by atoms with Gasteiger partial charge in [-0.1, -0.05) is 15.9 Å². The number of hydrogen-bond acceptors (Lipinski definition) is 3. The standard InChI is InChI=1S/C17H27BrN4O2/c1-4-19-17(22-13(2)12-24-3)21-11-5-10-20-16(23)14-6-8-15(18)9-7-14/h6-9,13H,4-5,10-12H2,1-3H3,(H,20,23)(H2,19,21,22). The third kappa shape index (κ3) is 8.31. The van der Waals surface area contributed by atoms with E-state index in [0.717, 1.165) is 23.4 Å². The normalized spacial score (nSPS) is 12.6. The van der Waals surface area contributed by atoms with E-state index < -0.39 is 0 Å². The van der Waals surface area contributed by atoms with Crippen molar-refractivity contribution >= 4 is 27.8 Å². The van der Waals surface area contributed by atoms with Gasteiger partial charge in [0.15, 0.2) is 5.96 Å². The van der Waals surface area contributed by atoms with Gasteiger partial charge in [-0.3, -0.25) is 9.79 Å². The number of nitrogens with zero attached hydrogens (tertiary/aromatic N) is 1. The number of guanidine groups is 1. The van der Waals surface area contributed by atoms with Crippen molar-refractivity contribution in [3.8, 4) is 0 Å². The number of carbonyl (C=O) groups excluding carboxylic acids is 1. The molecule has 0 aromatic heterocycles. The van der Waals surface area contributed by atoms with Gasteiger partial charge in [0, 0.05) is 42.8 Å². The lowest BCUT2D eigenvalue weighted by Gasteiger charge is -2.17. The first-order chi connectivity index (χ1) is 11.6. The Morgan fingerprint density at radius 1 is 1.29 bits per heavy atom. The zero-order chi connectivity index (χ0) is 17.8. The van der Waals surface area contributed by atoms with Gasteiger partial charge < -0.3 is 20.7 Å². The second-order valence-electron chi connectivity index (χ2n) is 5.38. The van der Waals surface area contributed by atoms with E-state index in [9.17, 15) is 4.79 Å². The Balaban J connectivity index is 2.33. The second kappa shape index (κ2) is 11.9. The summed E-state index contributed by atoms with van der Waals surface area (Å²) in [5, 5.41) is 9.37. The zero-order valence-electron chi connectivity index (χ0n) is 14.6. The predicted molar refractivity (Wildman–Crippen MR) is 102 cm³/mol. The summed E-state index contributed by atoms with van der Waals surface area (Å²) in [6.07, 6.45) is 0.775. The van der Waals surface area contributed by atoms with Crippen molar-refractivity contribution in [1.29, 1.82) is 0 Å². The van der Waals surface area contributed by atoms with Gasteiger partial charge >= 0.3 is 0 Å². The minimum atomic E-state index is -0.0646. The van der Waals surface area contributed by atoms with Crippen molar-refractivity contribution in [3.05, 3.63) is 34.3 Å². The number of nitrogens with one attached hydrogen (secondary N) is 3. The van der Waals surface area contributed by atoms with Crippen molar-refractivity contribution in [2.45, 2.75) is 26.3 Å². The van der Waals surface area contributed by atoms with Crippen molar-refractivity contribution in [1.82, 2.24) is 16.0 Å². The minimum Gasteiger partial charge on any atom is -0.383 e. The summed E-state index contributed by atoms with van der Waals surface area (Å²) in [4.78, 5) is 16.5. The van der Waals surface area contributed by atoms with Gasteiger partial charge in [-0.15, -0.1) is 0 Å². The Bertz CT molecular complexity index is 520. The summed E-state index contributed by atoms with van der Waals surface area (Å²) in [5.74, 6) is 0.700. The van der Waals surface area contributed by atoms with E-state index in [1.807, 2.05) is 26.0 Å². The van der Waals surface area contributed by atoms with Crippen LogP contribution in [0.2, 0.25) is 0 Å². The van der Waals surface area contributed by atoms with Gasteiger partial charge in [-0.05, 0) is 44.5 Å². The largest absolute Gasteiger partial charge is 0.383 e. The molecule has 0 saturated carbocycles. The average Bonchev–Trinajstić information content (AvgIpc) is 2.55. The molecule has 7 heteroatoms. The lowest BCUT2D eigenvalue weighted by molar-refractivity contribution is 0.0953. The van der Waals surface area contributed by atoms with Crippen molar-refractivity contribution < 1.29 is 9.53 Å². The number of rotatable bonds is 9. The van der Waals surface area contributed by atoms with E-state index in [2.05, 4.69) is 36.9 Å². The Hall–Kier alpha value is -1.60. The number of methoxy groups -OCH3 is 1. The molecule has 1 atom stereocenters. The zero-order valence-corrected chi connectivity index (χ0v) is 16.1. The fraction of sp³-hybridized carbons (Fsp3) is 0.529. The molecule has 0 aliphatic rings. The van der Waals surface area contributed by atoms with Crippen LogP contribution < -0.4 is 16.0 Å². The summed E-state index contributed by atoms with van der Waals surface area (Å²) in [5.41, 5.74) is 0.657. The molecule has 1 aromatic carbocycles. The first kappa shape index (κ1) is 20.4. The smallest absolute Gasteiger partial charge is 0.251 e. The van der Waals surface area contributed by atoms with Gasteiger partial charge in [0.2, 0.25) is 0 Å². The monoisotopic (exact) mass is 398 g/mol. The average molecular weight is 399 g/mol. The summed E-state index contributed by atoms with van der Waals surface area (Å²) in [6.45, 7) is 6.70. The molecule has 0 spiro atoms. The molecular weight excluding hydrogens is 372 g/mol. The minimum absolute atomic E-state index is 0.0646. The molecule has 1 unspecified atom stereocenters. The highest BCUT2D eigenvalue weighted by Crippen LogP contribution is 2.10. The van der Waals surface area contributed by atoms with Crippen LogP contribution in [0.1, 0.15) is 30.6 Å². The quantitative estimate of drug-likeness (QED) is 0.338. The lowest BCUT2D eigenvalue weighted by Crippen LogP contribution is -2.44. The first-order valence-corrected chi connectivity index (χ1v) is 8.93. The number of aliphatic imine (C=N–C) groups is 1. The Morgan fingerprint density at radius 3 is 2.62 bits per heavy atom. The van der Waals surface area contributed by atoms with Gasteiger partial charge in [-0.25, -0.2) is 0 Å². The van der Waals surface area contributed by atoms with Crippen LogP contribution in [0.4, 0.5) is 0 Å². The summed E-state index contributed by atoms with van der Waals surface area (Å²) in [6, 6.07) is 7.48. The molecular formula is C17H27BrN4O2. The van der Waals surface area contributed by atoms with Crippen molar-refractivity contribution in [2.24, 2.45) is 4.99 Å². The van der Waals surface area contributed by atoms with Crippen LogP contribution in [0.15, 0.2) is 33.7 Å². The van der Waals surface area contributed by atoms with Crippen LogP contribution >= 0.6 is 15.9 Å². The second-order valence-corrected chi connectivity index (χ2v) is 6.29. The highest BCUT2D eigenvalue weighted by atomic mass is 79.9. The van der Waals surface area contributed by atoms with Gasteiger partial charge in [0.05, 0.1) is 6.61 Å². The van der Waals surface area contributed by atoms with Gasteiger partial charge in [0.1, 0.15) is 0 Å². The molecule has 0 aliphatic carbocycles. The third-order valence-electron chi connectivity index (χ3n) is 3.14. The van der Waals surface area contributed by atoms with Gasteiger partial charge in [-0.2, -0.15) is 0 Å². The number of benzene rings is 1. The molecule has 134 valence electrons. The number of hydrogen-bond donors (Lipinski definition) is 3. The van der Waals surface area contributed by atoms with Gasteiger partial charge in [0.25, 0.3) is 5.91 Å². The lowest BCUT2D eigenvalue weighted by atomic mass is 10.2. The molecule has 6 nitrogen and oxygen atoms in total. The van der Waals surface area contributed by atoms with E-state index in [0.29, 0.717) is 25.3 Å². The Kier molecular flexibility index (Phi) is 10.1. The van der Waals surface area contributed by atoms with Crippen LogP contribution in [0.3, 0.4) is 0 Å². The molecule has 3 N–H and O–H groups in total. The van der Waals surface area contributed by atoms with E-state index in [1.54, 1.807) is 19.2 Å². The molecule has 0 saturated heterocycles. The maximum atomic E-state index is 12.0. The first-order valence-electron chi connectivity index (χ1n) is 8.14. The molecule has 1 amide bonds. The number of carbonyl (C=O) groups is 1. The van der Waals surface area contributed by atoms with Crippen LogP contribution in [-0.2, 0) is 4.74 Å². The molecule has 0 fully saturated rings. The fourth-order valence-corrected chi connectivity index (χ4v) is 2.28. The van der Waals surface area contributed by atoms with Crippen LogP contribution in [0.5, 0.6) is 0 Å². The van der Waals surface area contributed by atoms with Crippen LogP contribution in [0, 0.1) is 0 Å². The summed E-state index contributed by atoms with van der Waals surface area (Å²) >= 11 is 3.35. The molecule has 0 aliphatic heterocycles. The summed E-state index contributed by atoms with van der Waals surface area (Å²) in [7, 11) is 1.68. The summed E-state index contributed by atoms with van der Waals surface area (Å²) < 4.78 is 6.06. The van der Waals surface area contributed by atoms with Crippen molar-refractivity contribution in [2.75, 3.05) is 33.4 Å². The van der Waals surface area contributed by atoms with Crippen LogP contribution in [0.25, 0.3) is 0 Å². The van der Waals surface area contributed by atoms with E-state index in [1.165, 1.54) is 0 Å². The molecule has 0 radical (unpaired) electrons. The number of halogens is 1. The van der Waals surface area contributed by atoms with Crippen LogP contribution in [-0.4, -0.2) is 51.3 Å². The molecule has 0 bridgehead atoms. The maximum absolute atomic E-state index is 12.0. The fourth-order valence-electron chi connectivity index (χ4n) is 2.02. The van der Waals surface area contributed by atoms with E-state index >= 15 is 0 Å². The molecule has 0 heterocycles. The topological polar surface area (TPSA) is 74.8 Å². The molecule has 1 aromatic rings. The highest BCUT2D eigenvalue weighted by Gasteiger charge is 2.05.